The van der Waals surface area contributed by atoms with E-state index in [0.717, 1.165) is 172 Å². The number of hydrogen-bond donors (Lipinski definition) is 0. The summed E-state index contributed by atoms with van der Waals surface area (Å²) in [4.78, 5) is 24.6. The molecule has 10 nitrogen and oxygen atoms in total. The third-order valence-corrected chi connectivity index (χ3v) is 24.6. The van der Waals surface area contributed by atoms with Crippen LogP contribution in [0.2, 0.25) is 0 Å². The van der Waals surface area contributed by atoms with E-state index in [1.807, 2.05) is 84.7 Å². The molecule has 120 heavy (non-hydrogen) atoms. The van der Waals surface area contributed by atoms with Gasteiger partial charge >= 0.3 is 42.1 Å². The molecule has 0 N–H and O–H groups in total. The Bertz CT molecular complexity index is 7810. The summed E-state index contributed by atoms with van der Waals surface area (Å²) in [7, 11) is 0. The van der Waals surface area contributed by atoms with Crippen LogP contribution in [0.1, 0.15) is 0 Å². The van der Waals surface area contributed by atoms with E-state index in [2.05, 4.69) is 356 Å². The van der Waals surface area contributed by atoms with Crippen LogP contribution in [0.25, 0.3) is 185 Å². The largest absolute Gasteiger partial charge is 2.00 e. The SMILES string of the molecule is [Pt+2].[Pt+2].[c-]1c(-c2ccccn2)cccc1N(c1[c-]c(-c2ccccn2)ccc1)c1ccc2oc3cc4c(cc3c2c1)c1ccccc1n4-c1ccccc1.[c-]1c(-c2nccc3ccccc23)cccc1N(c1[c-]c(-c2nccc3ccccc23)ccc1)c1cc2sc(-c3ccc4oc5cc6c(cc5c4c3)c3ccccc3n6-c3ccccc3)cc2s1. The summed E-state index contributed by atoms with van der Waals surface area (Å²) in [5, 5.41) is 14.7. The van der Waals surface area contributed by atoms with Crippen molar-refractivity contribution in [1.82, 2.24) is 29.1 Å². The average Bonchev–Trinajstić information content (AvgIpc) is 1.57. The Morgan fingerprint density at radius 1 is 0.275 bits per heavy atom. The number of fused-ring (bicyclic) bond motifs is 15. The molecule has 14 aromatic carbocycles. The van der Waals surface area contributed by atoms with Crippen molar-refractivity contribution in [2.45, 2.75) is 0 Å². The zero-order valence-corrected chi connectivity index (χ0v) is 69.8. The molecule has 0 amide bonds. The van der Waals surface area contributed by atoms with Crippen LogP contribution in [-0.4, -0.2) is 29.1 Å². The van der Waals surface area contributed by atoms with Crippen molar-refractivity contribution in [3.63, 3.8) is 0 Å². The Labute approximate surface area is 726 Å². The molecule has 0 saturated carbocycles. The van der Waals surface area contributed by atoms with E-state index in [9.17, 15) is 0 Å². The van der Waals surface area contributed by atoms with Gasteiger partial charge in [-0.25, -0.2) is 0 Å². The molecule has 0 unspecified atom stereocenters. The van der Waals surface area contributed by atoms with Crippen LogP contribution in [0.5, 0.6) is 0 Å². The zero-order chi connectivity index (χ0) is 77.7. The second-order valence-corrected chi connectivity index (χ2v) is 31.4. The summed E-state index contributed by atoms with van der Waals surface area (Å²) in [6, 6.07) is 138. The molecule has 0 saturated heterocycles. The van der Waals surface area contributed by atoms with Crippen LogP contribution in [0.4, 0.5) is 33.4 Å². The number of aromatic nitrogens is 6. The van der Waals surface area contributed by atoms with Gasteiger partial charge in [0.25, 0.3) is 0 Å². The van der Waals surface area contributed by atoms with Crippen molar-refractivity contribution in [2.24, 2.45) is 0 Å². The van der Waals surface area contributed by atoms with Crippen LogP contribution < -0.4 is 9.80 Å². The van der Waals surface area contributed by atoms with Gasteiger partial charge in [0.15, 0.2) is 0 Å². The monoisotopic (exact) mass is 1930 g/mol. The van der Waals surface area contributed by atoms with E-state index in [4.69, 9.17) is 18.8 Å². The molecule has 0 bridgehead atoms. The molecular formula is C106H62N8O2Pt2S2. The first-order chi connectivity index (χ1) is 58.5. The molecule has 0 fully saturated rings. The minimum atomic E-state index is 0. The first-order valence-electron chi connectivity index (χ1n) is 39.1. The smallest absolute Gasteiger partial charge is 0.456 e. The fraction of sp³-hybridized carbons (Fsp3) is 0. The topological polar surface area (TPSA) is 94.2 Å². The van der Waals surface area contributed by atoms with Crippen molar-refractivity contribution >= 4 is 175 Å². The number of thiophene rings is 2. The first kappa shape index (κ1) is 73.6. The summed E-state index contributed by atoms with van der Waals surface area (Å²) >= 11 is 3.59. The van der Waals surface area contributed by atoms with Gasteiger partial charge in [-0.3, -0.25) is 0 Å². The van der Waals surface area contributed by atoms with E-state index < -0.39 is 0 Å². The normalized spacial score (nSPS) is 11.5. The van der Waals surface area contributed by atoms with Crippen molar-refractivity contribution in [1.29, 1.82) is 0 Å². The van der Waals surface area contributed by atoms with Crippen LogP contribution >= 0.6 is 22.7 Å². The van der Waals surface area contributed by atoms with E-state index in [0.29, 0.717) is 0 Å². The van der Waals surface area contributed by atoms with Crippen LogP contribution in [0.15, 0.2) is 385 Å². The van der Waals surface area contributed by atoms with Gasteiger partial charge in [0.1, 0.15) is 22.3 Å². The van der Waals surface area contributed by atoms with Crippen LogP contribution in [0, 0.1) is 24.3 Å². The minimum absolute atomic E-state index is 0. The Kier molecular flexibility index (Phi) is 18.9. The van der Waals surface area contributed by atoms with Gasteiger partial charge < -0.3 is 47.7 Å². The maximum atomic E-state index is 6.60. The van der Waals surface area contributed by atoms with Crippen LogP contribution in [0.3, 0.4) is 0 Å². The Balaban J connectivity index is 0.000000151. The summed E-state index contributed by atoms with van der Waals surface area (Å²) in [6.45, 7) is 0. The van der Waals surface area contributed by atoms with E-state index in [-0.39, 0.29) is 42.1 Å². The predicted molar refractivity (Wildman–Crippen MR) is 487 cm³/mol. The summed E-state index contributed by atoms with van der Waals surface area (Å²) < 4.78 is 20.3. The molecular weight excluding hydrogens is 1870 g/mol. The van der Waals surface area contributed by atoms with Crippen molar-refractivity contribution in [2.75, 3.05) is 9.80 Å². The fourth-order valence-corrected chi connectivity index (χ4v) is 19.4. The molecule has 0 aliphatic rings. The maximum Gasteiger partial charge on any atom is 2.00 e. The summed E-state index contributed by atoms with van der Waals surface area (Å²) in [5.74, 6) is 0. The first-order valence-corrected chi connectivity index (χ1v) is 40.7. The number of nitrogens with zero attached hydrogens (tertiary/aromatic N) is 8. The molecule has 0 spiro atoms. The number of furan rings is 2. The molecule has 14 heteroatoms. The molecule has 0 atom stereocenters. The molecule has 24 aromatic rings. The third-order valence-electron chi connectivity index (χ3n) is 22.3. The Morgan fingerprint density at radius 2 is 0.708 bits per heavy atom. The molecule has 0 aliphatic carbocycles. The molecule has 24 rings (SSSR count). The van der Waals surface area contributed by atoms with Crippen molar-refractivity contribution in [3.8, 4) is 66.8 Å². The quantitative estimate of drug-likeness (QED) is 0.105. The van der Waals surface area contributed by atoms with Gasteiger partial charge in [-0.1, -0.05) is 146 Å². The number of para-hydroxylation sites is 4. The molecule has 0 aliphatic heterocycles. The standard InChI is InChI=1S/C60H34N4OS2.C46H28N4O.2Pt/c1-2-16-42(17-3-1)64-51-23-9-8-22-47(51)48-33-50-49-32-39(24-25-53(49)65-54(50)34-52(48)64)55-35-56-57(66-55)36-58(67-56)63(43-18-10-14-40(30-43)59-45-20-6-4-12-37(45)26-28-61-59)44-19-11-15-41(31-44)60-46-21-7-5-13-38(46)27-29-62-60;1-2-14-33(15-3-1)50-43-21-5-4-18-37(43)38-29-40-39-28-36(22-23-45(39)51-46(40)30-44(38)50)49(34-16-10-12-31(26-34)41-19-6-8-24-47-41)35-17-11-13-32(27-35)42-20-7-9-25-48-42;;/h1-29,32-36H;1-25,28-30H;;/q2*-2;2*+2. The molecule has 0 radical (unpaired) electrons. The van der Waals surface area contributed by atoms with E-state index >= 15 is 0 Å². The average molecular weight is 1930 g/mol. The molecule has 10 aromatic heterocycles. The Morgan fingerprint density at radius 3 is 1.22 bits per heavy atom. The molecule has 570 valence electrons. The number of pyridine rings is 4. The van der Waals surface area contributed by atoms with Crippen molar-refractivity contribution in [3.05, 3.63) is 401 Å². The van der Waals surface area contributed by atoms with Gasteiger partial charge in [-0.15, -0.1) is 142 Å². The van der Waals surface area contributed by atoms with Gasteiger partial charge in [-0.2, -0.15) is 0 Å². The molecule has 10 heterocycles. The van der Waals surface area contributed by atoms with Gasteiger partial charge in [0.2, 0.25) is 0 Å². The van der Waals surface area contributed by atoms with Crippen LogP contribution in [-0.2, 0) is 42.1 Å². The van der Waals surface area contributed by atoms with E-state index in [1.165, 1.54) is 46.9 Å². The van der Waals surface area contributed by atoms with Gasteiger partial charge in [-0.05, 0) is 194 Å². The second-order valence-electron chi connectivity index (χ2n) is 29.3. The van der Waals surface area contributed by atoms with Gasteiger partial charge in [0, 0.05) is 111 Å². The predicted octanol–water partition coefficient (Wildman–Crippen LogP) is 29.0. The third kappa shape index (κ3) is 13.0. The summed E-state index contributed by atoms with van der Waals surface area (Å²) in [5.41, 5.74) is 23.1. The van der Waals surface area contributed by atoms with Gasteiger partial charge in [0.05, 0.1) is 27.1 Å². The fourth-order valence-electron chi connectivity index (χ4n) is 17.0. The second kappa shape index (κ2) is 30.8. The number of hydrogen-bond acceptors (Lipinski definition) is 10. The number of anilines is 6. The minimum Gasteiger partial charge on any atom is -0.456 e. The number of benzene rings is 14. The number of rotatable bonds is 13. The van der Waals surface area contributed by atoms with E-state index in [1.54, 1.807) is 11.3 Å². The summed E-state index contributed by atoms with van der Waals surface area (Å²) in [6.07, 6.45) is 7.38. The van der Waals surface area contributed by atoms with Crippen molar-refractivity contribution < 1.29 is 51.0 Å². The Hall–Kier alpha value is -14.0. The maximum absolute atomic E-state index is 6.60. The zero-order valence-electron chi connectivity index (χ0n) is 63.6.